The van der Waals surface area contributed by atoms with Crippen molar-refractivity contribution in [2.75, 3.05) is 0 Å². The van der Waals surface area contributed by atoms with Crippen molar-refractivity contribution in [1.82, 2.24) is 9.38 Å². The molecule has 0 bridgehead atoms. The van der Waals surface area contributed by atoms with Gasteiger partial charge in [-0.15, -0.1) is 0 Å². The van der Waals surface area contributed by atoms with Crippen molar-refractivity contribution < 1.29 is 4.39 Å². The molecule has 4 heteroatoms. The molecule has 0 atom stereocenters. The van der Waals surface area contributed by atoms with Gasteiger partial charge in [0.1, 0.15) is 11.5 Å². The Morgan fingerprint density at radius 3 is 2.94 bits per heavy atom. The topological polar surface area (TPSA) is 43.3 Å². The number of nitrogens with zero attached hydrogens (tertiary/aromatic N) is 2. The fraction of sp³-hybridized carbons (Fsp3) is 0.0833. The monoisotopic (exact) mass is 215 g/mol. The van der Waals surface area contributed by atoms with Gasteiger partial charge in [0.25, 0.3) is 0 Å². The molecule has 80 valence electrons. The van der Waals surface area contributed by atoms with Crippen molar-refractivity contribution >= 4 is 16.6 Å². The lowest BCUT2D eigenvalue weighted by Gasteiger charge is -2.04. The van der Waals surface area contributed by atoms with Gasteiger partial charge in [0.05, 0.1) is 17.4 Å². The number of nitrogens with two attached hydrogens (primary N) is 1. The van der Waals surface area contributed by atoms with E-state index in [1.54, 1.807) is 12.3 Å². The van der Waals surface area contributed by atoms with Crippen molar-refractivity contribution in [3.8, 4) is 0 Å². The zero-order valence-electron chi connectivity index (χ0n) is 8.52. The highest BCUT2D eigenvalue weighted by molar-refractivity contribution is 5.82. The predicted octanol–water partition coefficient (Wildman–Crippen LogP) is 2.09. The van der Waals surface area contributed by atoms with Gasteiger partial charge >= 0.3 is 0 Å². The SMILES string of the molecule is NCc1cnc2ccc3cc(F)ccc3n12. The number of benzene rings is 1. The normalized spacial score (nSPS) is 11.4. The van der Waals surface area contributed by atoms with Gasteiger partial charge in [-0.2, -0.15) is 0 Å². The van der Waals surface area contributed by atoms with E-state index >= 15 is 0 Å². The molecule has 2 N–H and O–H groups in total. The molecule has 2 aromatic heterocycles. The zero-order chi connectivity index (χ0) is 11.1. The van der Waals surface area contributed by atoms with E-state index in [2.05, 4.69) is 4.98 Å². The summed E-state index contributed by atoms with van der Waals surface area (Å²) in [4.78, 5) is 4.25. The first kappa shape index (κ1) is 9.30. The predicted molar refractivity (Wildman–Crippen MR) is 60.5 cm³/mol. The maximum Gasteiger partial charge on any atom is 0.137 e. The molecule has 3 rings (SSSR count). The van der Waals surface area contributed by atoms with Crippen LogP contribution >= 0.6 is 0 Å². The van der Waals surface area contributed by atoms with Gasteiger partial charge in [-0.25, -0.2) is 9.37 Å². The van der Waals surface area contributed by atoms with E-state index in [0.717, 1.165) is 22.2 Å². The molecule has 3 aromatic rings. The van der Waals surface area contributed by atoms with E-state index in [1.165, 1.54) is 12.1 Å². The third-order valence-corrected chi connectivity index (χ3v) is 2.71. The van der Waals surface area contributed by atoms with E-state index in [9.17, 15) is 4.39 Å². The van der Waals surface area contributed by atoms with E-state index in [0.29, 0.717) is 6.54 Å². The summed E-state index contributed by atoms with van der Waals surface area (Å²) in [5.41, 5.74) is 8.33. The second-order valence-corrected chi connectivity index (χ2v) is 3.68. The van der Waals surface area contributed by atoms with Crippen LogP contribution in [0.2, 0.25) is 0 Å². The molecule has 0 aliphatic rings. The van der Waals surface area contributed by atoms with Crippen LogP contribution in [0.3, 0.4) is 0 Å². The Kier molecular flexibility index (Phi) is 1.91. The van der Waals surface area contributed by atoms with Crippen LogP contribution in [0.15, 0.2) is 36.5 Å². The fourth-order valence-corrected chi connectivity index (χ4v) is 1.97. The molecule has 2 heterocycles. The number of rotatable bonds is 1. The van der Waals surface area contributed by atoms with Crippen LogP contribution in [0.1, 0.15) is 5.69 Å². The number of hydrogen-bond acceptors (Lipinski definition) is 2. The van der Waals surface area contributed by atoms with Gasteiger partial charge < -0.3 is 5.73 Å². The third-order valence-electron chi connectivity index (χ3n) is 2.71. The molecule has 3 nitrogen and oxygen atoms in total. The van der Waals surface area contributed by atoms with Gasteiger partial charge in [0, 0.05) is 11.9 Å². The molecule has 0 aliphatic carbocycles. The molecule has 0 fully saturated rings. The number of halogens is 1. The Bertz CT molecular complexity index is 672. The lowest BCUT2D eigenvalue weighted by Crippen LogP contribution is -2.01. The Hall–Kier alpha value is -1.94. The van der Waals surface area contributed by atoms with Crippen LogP contribution in [-0.2, 0) is 6.54 Å². The van der Waals surface area contributed by atoms with Crippen LogP contribution in [0.4, 0.5) is 4.39 Å². The molecule has 0 saturated heterocycles. The van der Waals surface area contributed by atoms with E-state index in [4.69, 9.17) is 5.73 Å². The number of aromatic nitrogens is 2. The lowest BCUT2D eigenvalue weighted by molar-refractivity contribution is 0.629. The van der Waals surface area contributed by atoms with Crippen molar-refractivity contribution in [2.45, 2.75) is 6.54 Å². The number of pyridine rings is 1. The summed E-state index contributed by atoms with van der Waals surface area (Å²) < 4.78 is 15.0. The maximum atomic E-state index is 13.1. The summed E-state index contributed by atoms with van der Waals surface area (Å²) in [5.74, 6) is -0.235. The van der Waals surface area contributed by atoms with Crippen LogP contribution in [-0.4, -0.2) is 9.38 Å². The van der Waals surface area contributed by atoms with Crippen LogP contribution < -0.4 is 5.73 Å². The van der Waals surface area contributed by atoms with E-state index in [1.807, 2.05) is 16.5 Å². The molecular formula is C12H10FN3. The average Bonchev–Trinajstić information content (AvgIpc) is 2.71. The average molecular weight is 215 g/mol. The number of imidazole rings is 1. The summed E-state index contributed by atoms with van der Waals surface area (Å²) >= 11 is 0. The highest BCUT2D eigenvalue weighted by atomic mass is 19.1. The van der Waals surface area contributed by atoms with Gasteiger partial charge in [-0.05, 0) is 30.3 Å². The minimum Gasteiger partial charge on any atom is -0.325 e. The van der Waals surface area contributed by atoms with Crippen molar-refractivity contribution in [3.63, 3.8) is 0 Å². The molecular weight excluding hydrogens is 205 g/mol. The standard InChI is InChI=1S/C12H10FN3/c13-9-2-3-11-8(5-9)1-4-12-15-7-10(6-14)16(11)12/h1-5,7H,6,14H2. The van der Waals surface area contributed by atoms with Crippen molar-refractivity contribution in [2.24, 2.45) is 5.73 Å². The number of hydrogen-bond donors (Lipinski definition) is 1. The molecule has 0 spiro atoms. The zero-order valence-corrected chi connectivity index (χ0v) is 8.52. The minimum absolute atomic E-state index is 0.235. The summed E-state index contributed by atoms with van der Waals surface area (Å²) in [6.45, 7) is 0.414. The maximum absolute atomic E-state index is 13.1. The second kappa shape index (κ2) is 3.28. The molecule has 0 amide bonds. The van der Waals surface area contributed by atoms with Crippen LogP contribution in [0.25, 0.3) is 16.6 Å². The van der Waals surface area contributed by atoms with Gasteiger partial charge in [-0.1, -0.05) is 0 Å². The third kappa shape index (κ3) is 1.20. The molecule has 0 aliphatic heterocycles. The molecule has 1 aromatic carbocycles. The minimum atomic E-state index is -0.235. The largest absolute Gasteiger partial charge is 0.325 e. The molecule has 0 saturated carbocycles. The fourth-order valence-electron chi connectivity index (χ4n) is 1.97. The van der Waals surface area contributed by atoms with E-state index in [-0.39, 0.29) is 5.82 Å². The molecule has 0 radical (unpaired) electrons. The highest BCUT2D eigenvalue weighted by Crippen LogP contribution is 2.19. The summed E-state index contributed by atoms with van der Waals surface area (Å²) in [5, 5.41) is 0.847. The smallest absolute Gasteiger partial charge is 0.137 e. The summed E-state index contributed by atoms with van der Waals surface area (Å²) in [6, 6.07) is 8.43. The van der Waals surface area contributed by atoms with Gasteiger partial charge in [0.2, 0.25) is 0 Å². The summed E-state index contributed by atoms with van der Waals surface area (Å²) in [7, 11) is 0. The Morgan fingerprint density at radius 1 is 1.25 bits per heavy atom. The highest BCUT2D eigenvalue weighted by Gasteiger charge is 2.05. The number of fused-ring (bicyclic) bond motifs is 3. The lowest BCUT2D eigenvalue weighted by atomic mass is 10.2. The first-order chi connectivity index (χ1) is 7.79. The molecule has 16 heavy (non-hydrogen) atoms. The Balaban J connectivity index is 2.51. The van der Waals surface area contributed by atoms with Crippen LogP contribution in [0, 0.1) is 5.82 Å². The quantitative estimate of drug-likeness (QED) is 0.675. The molecule has 0 unspecified atom stereocenters. The summed E-state index contributed by atoms with van der Waals surface area (Å²) in [6.07, 6.45) is 1.75. The van der Waals surface area contributed by atoms with Gasteiger partial charge in [-0.3, -0.25) is 4.40 Å². The van der Waals surface area contributed by atoms with Gasteiger partial charge in [0.15, 0.2) is 0 Å². The first-order valence-corrected chi connectivity index (χ1v) is 5.04. The Labute approximate surface area is 91.3 Å². The van der Waals surface area contributed by atoms with Crippen molar-refractivity contribution in [3.05, 3.63) is 48.0 Å². The Morgan fingerprint density at radius 2 is 2.12 bits per heavy atom. The second-order valence-electron chi connectivity index (χ2n) is 3.68. The van der Waals surface area contributed by atoms with Crippen molar-refractivity contribution in [1.29, 1.82) is 0 Å². The van der Waals surface area contributed by atoms with E-state index < -0.39 is 0 Å². The van der Waals surface area contributed by atoms with Crippen LogP contribution in [0.5, 0.6) is 0 Å². The first-order valence-electron chi connectivity index (χ1n) is 5.04.